The van der Waals surface area contributed by atoms with Crippen LogP contribution >= 0.6 is 0 Å². The van der Waals surface area contributed by atoms with Crippen LogP contribution in [-0.4, -0.2) is 31.4 Å². The van der Waals surface area contributed by atoms with E-state index in [1.807, 2.05) is 18.2 Å². The van der Waals surface area contributed by atoms with Crippen LogP contribution in [0.5, 0.6) is 5.75 Å². The van der Waals surface area contributed by atoms with Crippen LogP contribution in [0.15, 0.2) is 18.2 Å². The van der Waals surface area contributed by atoms with Gasteiger partial charge in [0.1, 0.15) is 5.75 Å². The van der Waals surface area contributed by atoms with Gasteiger partial charge in [-0.1, -0.05) is 0 Å². The zero-order valence-corrected chi connectivity index (χ0v) is 9.52. The lowest BCUT2D eigenvalue weighted by molar-refractivity contribution is 0.154. The first kappa shape index (κ1) is 11.1. The summed E-state index contributed by atoms with van der Waals surface area (Å²) in [6.45, 7) is 1.66. The Bertz CT molecular complexity index is 368. The second-order valence-corrected chi connectivity index (χ2v) is 4.17. The van der Waals surface area contributed by atoms with Crippen LogP contribution in [0.25, 0.3) is 0 Å². The van der Waals surface area contributed by atoms with Gasteiger partial charge in [-0.3, -0.25) is 0 Å². The van der Waals surface area contributed by atoms with Gasteiger partial charge in [0, 0.05) is 24.8 Å². The van der Waals surface area contributed by atoms with Gasteiger partial charge in [0.15, 0.2) is 0 Å². The summed E-state index contributed by atoms with van der Waals surface area (Å²) in [6.07, 6.45) is 1.69. The molecule has 0 spiro atoms. The van der Waals surface area contributed by atoms with Crippen LogP contribution in [0.3, 0.4) is 0 Å². The Kier molecular flexibility index (Phi) is 3.19. The maximum Gasteiger partial charge on any atom is 0.143 e. The van der Waals surface area contributed by atoms with Gasteiger partial charge < -0.3 is 20.5 Å². The lowest BCUT2D eigenvalue weighted by atomic mass is 10.1. The summed E-state index contributed by atoms with van der Waals surface area (Å²) in [6, 6.07) is 5.73. The largest absolute Gasteiger partial charge is 0.495 e. The number of piperidine rings is 1. The lowest BCUT2D eigenvalue weighted by Crippen LogP contribution is -2.38. The topological polar surface area (TPSA) is 58.7 Å². The minimum Gasteiger partial charge on any atom is -0.495 e. The van der Waals surface area contributed by atoms with Crippen molar-refractivity contribution in [3.63, 3.8) is 0 Å². The molecule has 1 heterocycles. The van der Waals surface area contributed by atoms with Crippen LogP contribution in [0.1, 0.15) is 12.8 Å². The molecule has 1 aliphatic heterocycles. The molecule has 4 heteroatoms. The third-order valence-corrected chi connectivity index (χ3v) is 2.98. The Morgan fingerprint density at radius 1 is 1.50 bits per heavy atom. The van der Waals surface area contributed by atoms with E-state index in [4.69, 9.17) is 10.5 Å². The summed E-state index contributed by atoms with van der Waals surface area (Å²) in [5, 5.41) is 9.62. The zero-order chi connectivity index (χ0) is 11.5. The standard InChI is InChI=1S/C12H18N2O2/c1-16-12-7-9(4-5-11(12)13)14-6-2-3-10(15)8-14/h4-5,7,10,15H,2-3,6,8,13H2,1H3/t10-/m0/s1. The van der Waals surface area contributed by atoms with Gasteiger partial charge >= 0.3 is 0 Å². The van der Waals surface area contributed by atoms with E-state index in [1.165, 1.54) is 0 Å². The van der Waals surface area contributed by atoms with Gasteiger partial charge in [-0.25, -0.2) is 0 Å². The van der Waals surface area contributed by atoms with E-state index < -0.39 is 0 Å². The maximum atomic E-state index is 9.62. The quantitative estimate of drug-likeness (QED) is 0.739. The molecule has 1 fully saturated rings. The Morgan fingerprint density at radius 2 is 2.31 bits per heavy atom. The fourth-order valence-corrected chi connectivity index (χ4v) is 2.09. The molecule has 1 aromatic rings. The number of aliphatic hydroxyl groups is 1. The molecule has 0 amide bonds. The molecule has 3 N–H and O–H groups in total. The highest BCUT2D eigenvalue weighted by Gasteiger charge is 2.18. The van der Waals surface area contributed by atoms with Gasteiger partial charge in [-0.2, -0.15) is 0 Å². The van der Waals surface area contributed by atoms with Crippen molar-refractivity contribution in [2.75, 3.05) is 30.8 Å². The first-order chi connectivity index (χ1) is 7.70. The Labute approximate surface area is 95.6 Å². The molecule has 2 rings (SSSR count). The maximum absolute atomic E-state index is 9.62. The number of rotatable bonds is 2. The smallest absolute Gasteiger partial charge is 0.143 e. The van der Waals surface area contributed by atoms with Crippen LogP contribution < -0.4 is 15.4 Å². The number of nitrogen functional groups attached to an aromatic ring is 1. The van der Waals surface area contributed by atoms with Crippen molar-refractivity contribution in [3.05, 3.63) is 18.2 Å². The number of nitrogens with two attached hydrogens (primary N) is 1. The van der Waals surface area contributed by atoms with Crippen molar-refractivity contribution in [1.82, 2.24) is 0 Å². The molecule has 88 valence electrons. The number of anilines is 2. The fourth-order valence-electron chi connectivity index (χ4n) is 2.09. The average Bonchev–Trinajstić information content (AvgIpc) is 2.29. The predicted octanol–water partition coefficient (Wildman–Crippen LogP) is 1.24. The number of hydrogen-bond donors (Lipinski definition) is 2. The molecule has 0 aromatic heterocycles. The van der Waals surface area contributed by atoms with Gasteiger partial charge in [-0.05, 0) is 25.0 Å². The van der Waals surface area contributed by atoms with Crippen molar-refractivity contribution in [2.45, 2.75) is 18.9 Å². The monoisotopic (exact) mass is 222 g/mol. The Morgan fingerprint density at radius 3 is 3.00 bits per heavy atom. The van der Waals surface area contributed by atoms with E-state index in [1.54, 1.807) is 7.11 Å². The summed E-state index contributed by atoms with van der Waals surface area (Å²) in [5.74, 6) is 0.692. The molecule has 16 heavy (non-hydrogen) atoms. The summed E-state index contributed by atoms with van der Waals surface area (Å²) >= 11 is 0. The summed E-state index contributed by atoms with van der Waals surface area (Å²) in [7, 11) is 1.61. The highest BCUT2D eigenvalue weighted by atomic mass is 16.5. The Hall–Kier alpha value is -1.42. The van der Waals surface area contributed by atoms with E-state index >= 15 is 0 Å². The predicted molar refractivity (Wildman–Crippen MR) is 64.9 cm³/mol. The van der Waals surface area contributed by atoms with Crippen molar-refractivity contribution in [1.29, 1.82) is 0 Å². The minimum absolute atomic E-state index is 0.225. The van der Waals surface area contributed by atoms with Crippen LogP contribution in [0, 0.1) is 0 Å². The van der Waals surface area contributed by atoms with Crippen LogP contribution in [0.2, 0.25) is 0 Å². The minimum atomic E-state index is -0.225. The molecule has 0 unspecified atom stereocenters. The van der Waals surface area contributed by atoms with E-state index in [9.17, 15) is 5.11 Å². The van der Waals surface area contributed by atoms with E-state index in [-0.39, 0.29) is 6.10 Å². The third kappa shape index (κ3) is 2.22. The highest BCUT2D eigenvalue weighted by molar-refractivity contribution is 5.62. The normalized spacial score (nSPS) is 20.9. The van der Waals surface area contributed by atoms with E-state index in [2.05, 4.69) is 4.90 Å². The SMILES string of the molecule is COc1cc(N2CCC[C@H](O)C2)ccc1N. The van der Waals surface area contributed by atoms with Gasteiger partial charge in [0.25, 0.3) is 0 Å². The molecule has 4 nitrogen and oxygen atoms in total. The number of aliphatic hydroxyl groups excluding tert-OH is 1. The number of β-amino-alcohol motifs (C(OH)–C–C–N with tert-alkyl or cyclic N) is 1. The Balaban J connectivity index is 2.19. The number of nitrogens with zero attached hydrogens (tertiary/aromatic N) is 1. The molecule has 1 atom stereocenters. The van der Waals surface area contributed by atoms with Crippen molar-refractivity contribution < 1.29 is 9.84 Å². The van der Waals surface area contributed by atoms with Gasteiger partial charge in [0.05, 0.1) is 18.9 Å². The van der Waals surface area contributed by atoms with Crippen molar-refractivity contribution in [3.8, 4) is 5.75 Å². The summed E-state index contributed by atoms with van der Waals surface area (Å²) < 4.78 is 5.19. The first-order valence-electron chi connectivity index (χ1n) is 5.57. The van der Waals surface area contributed by atoms with Crippen molar-refractivity contribution in [2.24, 2.45) is 0 Å². The molecule has 0 bridgehead atoms. The van der Waals surface area contributed by atoms with Crippen LogP contribution in [0.4, 0.5) is 11.4 Å². The van der Waals surface area contributed by atoms with Crippen molar-refractivity contribution >= 4 is 11.4 Å². The highest BCUT2D eigenvalue weighted by Crippen LogP contribution is 2.28. The molecule has 1 aromatic carbocycles. The van der Waals surface area contributed by atoms with Gasteiger partial charge in [-0.15, -0.1) is 0 Å². The zero-order valence-electron chi connectivity index (χ0n) is 9.52. The number of hydrogen-bond acceptors (Lipinski definition) is 4. The fraction of sp³-hybridized carbons (Fsp3) is 0.500. The average molecular weight is 222 g/mol. The second kappa shape index (κ2) is 4.61. The molecule has 0 saturated carbocycles. The number of benzene rings is 1. The third-order valence-electron chi connectivity index (χ3n) is 2.98. The molecule has 1 saturated heterocycles. The van der Waals surface area contributed by atoms with Crippen LogP contribution in [-0.2, 0) is 0 Å². The summed E-state index contributed by atoms with van der Waals surface area (Å²) in [4.78, 5) is 2.16. The lowest BCUT2D eigenvalue weighted by Gasteiger charge is -2.32. The molecule has 1 aliphatic rings. The van der Waals surface area contributed by atoms with Gasteiger partial charge in [0.2, 0.25) is 0 Å². The molecular formula is C12H18N2O2. The molecule has 0 radical (unpaired) electrons. The molecular weight excluding hydrogens is 204 g/mol. The van der Waals surface area contributed by atoms with E-state index in [0.29, 0.717) is 18.0 Å². The molecule has 0 aliphatic carbocycles. The summed E-state index contributed by atoms with van der Waals surface area (Å²) in [5.41, 5.74) is 7.47. The number of ether oxygens (including phenoxy) is 1. The first-order valence-corrected chi connectivity index (χ1v) is 5.57. The van der Waals surface area contributed by atoms with E-state index in [0.717, 1.165) is 25.1 Å². The number of methoxy groups -OCH3 is 1. The second-order valence-electron chi connectivity index (χ2n) is 4.17.